The topological polar surface area (TPSA) is 127 Å². The molecule has 0 saturated carbocycles. The number of benzene rings is 6. The van der Waals surface area contributed by atoms with Crippen molar-refractivity contribution >= 4 is 35.6 Å². The van der Waals surface area contributed by atoms with Crippen LogP contribution in [0.3, 0.4) is 0 Å². The molecule has 6 aromatic carbocycles. The Kier molecular flexibility index (Phi) is 16.7. The van der Waals surface area contributed by atoms with Gasteiger partial charge in [-0.1, -0.05) is 103 Å². The van der Waals surface area contributed by atoms with Crippen molar-refractivity contribution in [2.24, 2.45) is 0 Å². The summed E-state index contributed by atoms with van der Waals surface area (Å²) in [6, 6.07) is 41.9. The minimum atomic E-state index is -1.98. The maximum absolute atomic E-state index is 15.2. The molecule has 0 N–H and O–H groups in total. The van der Waals surface area contributed by atoms with Gasteiger partial charge in [-0.05, 0) is 96.8 Å². The molecular formula is C58H59ClF2N4O9. The summed E-state index contributed by atoms with van der Waals surface area (Å²) in [4.78, 5) is 61.8. The Morgan fingerprint density at radius 2 is 0.919 bits per heavy atom. The van der Waals surface area contributed by atoms with Gasteiger partial charge in [0.05, 0.1) is 25.3 Å². The van der Waals surface area contributed by atoms with E-state index in [1.807, 2.05) is 47.4 Å². The molecule has 4 amide bonds. The zero-order valence-electron chi connectivity index (χ0n) is 41.8. The lowest BCUT2D eigenvalue weighted by molar-refractivity contribution is -0.180. The number of likely N-dealkylation sites (N-methyl/N-ethyl adjacent to an activating group) is 2. The monoisotopic (exact) mass is 1030 g/mol. The van der Waals surface area contributed by atoms with Crippen LogP contribution in [-0.2, 0) is 40.3 Å². The highest BCUT2D eigenvalue weighted by Crippen LogP contribution is 2.32. The number of carbonyl (C=O) groups is 4. The first-order valence-corrected chi connectivity index (χ1v) is 24.8. The second kappa shape index (κ2) is 23.5. The van der Waals surface area contributed by atoms with E-state index >= 15 is 8.78 Å². The number of hydrogen-bond donors (Lipinski definition) is 0. The number of amides is 4. The van der Waals surface area contributed by atoms with E-state index in [2.05, 4.69) is 0 Å². The Balaban J connectivity index is 0.908. The second-order valence-electron chi connectivity index (χ2n) is 19.1. The first-order chi connectivity index (χ1) is 35.6. The fraction of sp³-hybridized carbons (Fsp3) is 0.310. The molecule has 4 atom stereocenters. The lowest BCUT2D eigenvalue weighted by Crippen LogP contribution is -2.51. The van der Waals surface area contributed by atoms with Crippen LogP contribution in [0, 0.1) is 11.6 Å². The molecule has 2 heterocycles. The van der Waals surface area contributed by atoms with Gasteiger partial charge in [-0.15, -0.1) is 0 Å². The molecule has 2 aliphatic heterocycles. The molecule has 0 bridgehead atoms. The van der Waals surface area contributed by atoms with Crippen molar-refractivity contribution in [2.75, 3.05) is 40.4 Å². The number of hydrogen-bond acceptors (Lipinski definition) is 9. The van der Waals surface area contributed by atoms with Crippen LogP contribution in [0.5, 0.6) is 23.0 Å². The second-order valence-corrected chi connectivity index (χ2v) is 19.5. The Hall–Kier alpha value is -7.65. The molecule has 0 aromatic heterocycles. The van der Waals surface area contributed by atoms with Crippen LogP contribution >= 0.6 is 11.6 Å². The maximum atomic E-state index is 15.2. The summed E-state index contributed by atoms with van der Waals surface area (Å²) in [6.45, 7) is 5.55. The van der Waals surface area contributed by atoms with Gasteiger partial charge in [0.2, 0.25) is 11.2 Å². The first kappa shape index (κ1) is 52.7. The van der Waals surface area contributed by atoms with Gasteiger partial charge in [0.1, 0.15) is 11.5 Å². The van der Waals surface area contributed by atoms with Crippen molar-refractivity contribution < 1.29 is 51.6 Å². The van der Waals surface area contributed by atoms with E-state index in [0.717, 1.165) is 11.1 Å². The molecule has 6 aromatic rings. The Labute approximate surface area is 435 Å². The molecular weight excluding hydrogens is 970 g/mol. The summed E-state index contributed by atoms with van der Waals surface area (Å²) < 4.78 is 60.3. The van der Waals surface area contributed by atoms with Crippen LogP contribution in [0.2, 0.25) is 5.02 Å². The number of esters is 2. The predicted octanol–water partition coefficient (Wildman–Crippen LogP) is 10.6. The number of rotatable bonds is 22. The number of carbonyl (C=O) groups excluding carboxylic acids is 4. The lowest BCUT2D eigenvalue weighted by atomic mass is 9.94. The minimum absolute atomic E-state index is 0.0369. The minimum Gasteiger partial charge on any atom is -0.494 e. The largest absolute Gasteiger partial charge is 0.494 e. The first-order valence-electron chi connectivity index (χ1n) is 24.4. The van der Waals surface area contributed by atoms with E-state index in [1.165, 1.54) is 50.2 Å². The van der Waals surface area contributed by atoms with Crippen LogP contribution in [0.4, 0.5) is 18.4 Å². The summed E-state index contributed by atoms with van der Waals surface area (Å²) in [5.74, 6) is -3.17. The molecule has 13 nitrogen and oxygen atoms in total. The number of urea groups is 2. The van der Waals surface area contributed by atoms with Crippen molar-refractivity contribution in [3.63, 3.8) is 0 Å². The standard InChI is InChI=1S/C58H59ClF2N4O9/c1-57(73-51-16-10-8-14-49(51)60,34-40-20-26-47(27-21-40)70-32-30-45-38-64(55(68)62(45)3)36-42-12-6-5-7-13-42)53(66)72-54(67)58(2,74-52-17-11-9-15-50(52)61)35-41-22-28-48(29-23-41)71-33-31-46-39-65(56(69)63(46)4)37-43-18-24-44(59)25-19-43/h5-29,45-46H,30-39H2,1-4H3. The average Bonchev–Trinajstić information content (AvgIpc) is 3.81. The molecule has 0 aliphatic carbocycles. The Morgan fingerprint density at radius 3 is 1.34 bits per heavy atom. The molecule has 2 saturated heterocycles. The maximum Gasteiger partial charge on any atom is 0.358 e. The third-order valence-corrected chi connectivity index (χ3v) is 13.6. The van der Waals surface area contributed by atoms with Crippen LogP contribution in [0.1, 0.15) is 48.9 Å². The molecule has 74 heavy (non-hydrogen) atoms. The highest BCUT2D eigenvalue weighted by Gasteiger charge is 2.46. The van der Waals surface area contributed by atoms with Crippen molar-refractivity contribution in [1.29, 1.82) is 0 Å². The molecule has 2 fully saturated rings. The smallest absolute Gasteiger partial charge is 0.358 e. The van der Waals surface area contributed by atoms with Crippen LogP contribution in [-0.4, -0.2) is 107 Å². The fourth-order valence-corrected chi connectivity index (χ4v) is 9.19. The van der Waals surface area contributed by atoms with Crippen molar-refractivity contribution in [3.8, 4) is 23.0 Å². The van der Waals surface area contributed by atoms with Gasteiger partial charge in [0.25, 0.3) is 0 Å². The van der Waals surface area contributed by atoms with Gasteiger partial charge < -0.3 is 43.3 Å². The summed E-state index contributed by atoms with van der Waals surface area (Å²) in [6.07, 6.45) is 0.840. The summed E-state index contributed by atoms with van der Waals surface area (Å²) >= 11 is 6.04. The van der Waals surface area contributed by atoms with Gasteiger partial charge in [0.15, 0.2) is 23.1 Å². The quantitative estimate of drug-likeness (QED) is 0.0482. The average molecular weight is 1030 g/mol. The van der Waals surface area contributed by atoms with Gasteiger partial charge in [-0.25, -0.2) is 28.0 Å². The van der Waals surface area contributed by atoms with Gasteiger partial charge in [-0.2, -0.15) is 0 Å². The SMILES string of the molecule is CN1C(=O)N(Cc2ccccc2)CC1CCOc1ccc(CC(C)(Oc2ccccc2F)C(=O)OC(=O)C(C)(Cc2ccc(OCCC3CN(Cc4ccc(Cl)cc4)C(=O)N3C)cc2)Oc2ccccc2F)cc1. The number of ether oxygens (including phenoxy) is 5. The van der Waals surface area contributed by atoms with E-state index in [0.29, 0.717) is 79.9 Å². The number of halogens is 3. The van der Waals surface area contributed by atoms with E-state index < -0.39 is 34.8 Å². The van der Waals surface area contributed by atoms with E-state index in [-0.39, 0.29) is 48.5 Å². The van der Waals surface area contributed by atoms with E-state index in [4.69, 9.17) is 35.3 Å². The summed E-state index contributed by atoms with van der Waals surface area (Å²) in [5, 5.41) is 0.629. The summed E-state index contributed by atoms with van der Waals surface area (Å²) in [7, 11) is 3.57. The molecule has 4 unspecified atom stereocenters. The summed E-state index contributed by atoms with van der Waals surface area (Å²) in [5.41, 5.74) is -0.769. The predicted molar refractivity (Wildman–Crippen MR) is 275 cm³/mol. The van der Waals surface area contributed by atoms with Crippen molar-refractivity contribution in [1.82, 2.24) is 19.6 Å². The van der Waals surface area contributed by atoms with Crippen LogP contribution in [0.15, 0.2) is 152 Å². The van der Waals surface area contributed by atoms with Gasteiger partial charge in [0, 0.05) is 71.0 Å². The molecule has 0 spiro atoms. The third-order valence-electron chi connectivity index (χ3n) is 13.4. The normalized spacial score (nSPS) is 17.2. The molecule has 2 aliphatic rings. The third kappa shape index (κ3) is 13.1. The Bertz CT molecular complexity index is 2900. The van der Waals surface area contributed by atoms with Crippen LogP contribution < -0.4 is 18.9 Å². The molecule has 16 heteroatoms. The van der Waals surface area contributed by atoms with Gasteiger partial charge >= 0.3 is 24.0 Å². The molecule has 386 valence electrons. The van der Waals surface area contributed by atoms with E-state index in [1.54, 1.807) is 102 Å². The van der Waals surface area contributed by atoms with Crippen LogP contribution in [0.25, 0.3) is 0 Å². The molecule has 8 rings (SSSR count). The van der Waals surface area contributed by atoms with Crippen molar-refractivity contribution in [2.45, 2.75) is 75.9 Å². The number of para-hydroxylation sites is 2. The Morgan fingerprint density at radius 1 is 0.541 bits per heavy atom. The van der Waals surface area contributed by atoms with E-state index in [9.17, 15) is 19.2 Å². The highest BCUT2D eigenvalue weighted by atomic mass is 35.5. The fourth-order valence-electron chi connectivity index (χ4n) is 9.07. The zero-order valence-corrected chi connectivity index (χ0v) is 42.5. The zero-order chi connectivity index (χ0) is 52.4. The lowest BCUT2D eigenvalue weighted by Gasteiger charge is -2.32. The molecule has 0 radical (unpaired) electrons. The highest BCUT2D eigenvalue weighted by molar-refractivity contribution is 6.30. The van der Waals surface area contributed by atoms with Gasteiger partial charge in [-0.3, -0.25) is 0 Å². The van der Waals surface area contributed by atoms with Crippen molar-refractivity contribution in [3.05, 3.63) is 191 Å². The number of nitrogens with zero attached hydrogens (tertiary/aromatic N) is 4.